The molecule has 3 aromatic rings. The van der Waals surface area contributed by atoms with E-state index in [1.165, 1.54) is 0 Å². The average molecular weight is 353 g/mol. The number of amides is 1. The number of ether oxygens (including phenoxy) is 2. The van der Waals surface area contributed by atoms with Crippen LogP contribution in [0.25, 0.3) is 5.65 Å². The van der Waals surface area contributed by atoms with Crippen molar-refractivity contribution in [2.75, 3.05) is 14.2 Å². The van der Waals surface area contributed by atoms with Gasteiger partial charge in [-0.2, -0.15) is 0 Å². The van der Waals surface area contributed by atoms with Gasteiger partial charge in [0, 0.05) is 18.3 Å². The van der Waals surface area contributed by atoms with Gasteiger partial charge in [-0.3, -0.25) is 4.79 Å². The lowest BCUT2D eigenvalue weighted by atomic mass is 10.1. The lowest BCUT2D eigenvalue weighted by Crippen LogP contribution is -2.23. The van der Waals surface area contributed by atoms with E-state index in [0.717, 1.165) is 22.6 Å². The highest BCUT2D eigenvalue weighted by Crippen LogP contribution is 2.27. The van der Waals surface area contributed by atoms with E-state index in [1.807, 2.05) is 53.9 Å². The number of fused-ring (bicyclic) bond motifs is 1. The molecule has 1 N–H and O–H groups in total. The quantitative estimate of drug-likeness (QED) is 0.709. The zero-order chi connectivity index (χ0) is 18.5. The van der Waals surface area contributed by atoms with Gasteiger partial charge in [0.1, 0.15) is 5.65 Å². The van der Waals surface area contributed by atoms with Gasteiger partial charge < -0.3 is 19.2 Å². The summed E-state index contributed by atoms with van der Waals surface area (Å²) in [7, 11) is 3.21. The Hall–Kier alpha value is -3.02. The van der Waals surface area contributed by atoms with E-state index < -0.39 is 0 Å². The van der Waals surface area contributed by atoms with E-state index >= 15 is 0 Å². The first-order valence-corrected chi connectivity index (χ1v) is 8.52. The zero-order valence-electron chi connectivity index (χ0n) is 15.3. The lowest BCUT2D eigenvalue weighted by Gasteiger charge is -2.09. The van der Waals surface area contributed by atoms with E-state index in [-0.39, 0.29) is 5.91 Å². The van der Waals surface area contributed by atoms with Gasteiger partial charge in [0.15, 0.2) is 11.5 Å². The second kappa shape index (κ2) is 7.91. The molecule has 26 heavy (non-hydrogen) atoms. The molecule has 2 heterocycles. The molecule has 0 radical (unpaired) electrons. The van der Waals surface area contributed by atoms with Crippen molar-refractivity contribution in [3.05, 3.63) is 59.5 Å². The summed E-state index contributed by atoms with van der Waals surface area (Å²) >= 11 is 0. The van der Waals surface area contributed by atoms with E-state index in [9.17, 15) is 4.79 Å². The van der Waals surface area contributed by atoms with Crippen LogP contribution in [0.4, 0.5) is 0 Å². The van der Waals surface area contributed by atoms with Crippen molar-refractivity contribution in [1.82, 2.24) is 14.7 Å². The largest absolute Gasteiger partial charge is 0.493 e. The summed E-state index contributed by atoms with van der Waals surface area (Å²) in [5.41, 5.74) is 3.88. The Morgan fingerprint density at radius 2 is 1.96 bits per heavy atom. The molecule has 6 heteroatoms. The van der Waals surface area contributed by atoms with Crippen LogP contribution < -0.4 is 14.8 Å². The summed E-state index contributed by atoms with van der Waals surface area (Å²) in [6.45, 7) is 2.45. The summed E-state index contributed by atoms with van der Waals surface area (Å²) in [6.07, 6.45) is 3.00. The second-order valence-corrected chi connectivity index (χ2v) is 6.09. The van der Waals surface area contributed by atoms with Gasteiger partial charge in [-0.05, 0) is 43.2 Å². The van der Waals surface area contributed by atoms with E-state index in [1.54, 1.807) is 14.2 Å². The molecule has 2 aromatic heterocycles. The van der Waals surface area contributed by atoms with Crippen LogP contribution in [0.3, 0.4) is 0 Å². The number of carbonyl (C=O) groups is 1. The Bertz CT molecular complexity index is 918. The number of hydrogen-bond acceptors (Lipinski definition) is 4. The van der Waals surface area contributed by atoms with Crippen molar-refractivity contribution in [3.63, 3.8) is 0 Å². The highest BCUT2D eigenvalue weighted by atomic mass is 16.5. The monoisotopic (exact) mass is 353 g/mol. The molecule has 0 aliphatic heterocycles. The lowest BCUT2D eigenvalue weighted by molar-refractivity contribution is -0.121. The molecule has 0 bridgehead atoms. The second-order valence-electron chi connectivity index (χ2n) is 6.09. The maximum Gasteiger partial charge on any atom is 0.220 e. The predicted octanol–water partition coefficient (Wildman–Crippen LogP) is 2.91. The maximum atomic E-state index is 12.1. The number of imidazole rings is 1. The fraction of sp³-hybridized carbons (Fsp3) is 0.300. The summed E-state index contributed by atoms with van der Waals surface area (Å²) in [6, 6.07) is 11.7. The third kappa shape index (κ3) is 3.96. The fourth-order valence-corrected chi connectivity index (χ4v) is 2.86. The van der Waals surface area contributed by atoms with Crippen molar-refractivity contribution in [1.29, 1.82) is 0 Å². The molecular formula is C20H23N3O3. The van der Waals surface area contributed by atoms with Gasteiger partial charge in [-0.15, -0.1) is 0 Å². The SMILES string of the molecule is COc1ccc(CCC(=O)NCc2cn3c(C)cccc3n2)cc1OC. The first-order valence-electron chi connectivity index (χ1n) is 8.52. The van der Waals surface area contributed by atoms with Gasteiger partial charge in [0.25, 0.3) is 0 Å². The number of methoxy groups -OCH3 is 2. The minimum atomic E-state index is -0.00596. The van der Waals surface area contributed by atoms with Crippen LogP contribution in [-0.2, 0) is 17.8 Å². The fourth-order valence-electron chi connectivity index (χ4n) is 2.86. The topological polar surface area (TPSA) is 64.9 Å². The van der Waals surface area contributed by atoms with Crippen molar-refractivity contribution < 1.29 is 14.3 Å². The molecule has 0 fully saturated rings. The molecule has 1 amide bonds. The molecule has 136 valence electrons. The van der Waals surface area contributed by atoms with Crippen LogP contribution in [0.1, 0.15) is 23.4 Å². The smallest absolute Gasteiger partial charge is 0.220 e. The number of rotatable bonds is 7. The van der Waals surface area contributed by atoms with Crippen LogP contribution in [0, 0.1) is 6.92 Å². The summed E-state index contributed by atoms with van der Waals surface area (Å²) in [5, 5.41) is 2.93. The van der Waals surface area contributed by atoms with E-state index in [2.05, 4.69) is 10.3 Å². The molecule has 0 atom stereocenters. The summed E-state index contributed by atoms with van der Waals surface area (Å²) < 4.78 is 12.5. The van der Waals surface area contributed by atoms with Crippen LogP contribution in [-0.4, -0.2) is 29.5 Å². The van der Waals surface area contributed by atoms with Crippen LogP contribution in [0.5, 0.6) is 11.5 Å². The number of nitrogens with one attached hydrogen (secondary N) is 1. The molecule has 0 aliphatic rings. The number of aryl methyl sites for hydroxylation is 2. The average Bonchev–Trinajstić information content (AvgIpc) is 3.09. The Kier molecular flexibility index (Phi) is 5.41. The molecule has 0 spiro atoms. The number of carbonyl (C=O) groups excluding carboxylic acids is 1. The molecule has 0 unspecified atom stereocenters. The van der Waals surface area contributed by atoms with Crippen molar-refractivity contribution in [2.45, 2.75) is 26.3 Å². The Balaban J connectivity index is 1.54. The van der Waals surface area contributed by atoms with Crippen LogP contribution in [0.15, 0.2) is 42.6 Å². The molecular weight excluding hydrogens is 330 g/mol. The molecule has 0 saturated carbocycles. The predicted molar refractivity (Wildman–Crippen MR) is 99.6 cm³/mol. The first-order chi connectivity index (χ1) is 12.6. The minimum Gasteiger partial charge on any atom is -0.493 e. The molecule has 0 saturated heterocycles. The van der Waals surface area contributed by atoms with Gasteiger partial charge in [0.05, 0.1) is 26.5 Å². The highest BCUT2D eigenvalue weighted by molar-refractivity contribution is 5.76. The van der Waals surface area contributed by atoms with E-state index in [4.69, 9.17) is 9.47 Å². The minimum absolute atomic E-state index is 0.00596. The Morgan fingerprint density at radius 3 is 2.69 bits per heavy atom. The molecule has 0 aliphatic carbocycles. The zero-order valence-corrected chi connectivity index (χ0v) is 15.3. The third-order valence-electron chi connectivity index (χ3n) is 4.30. The maximum absolute atomic E-state index is 12.1. The highest BCUT2D eigenvalue weighted by Gasteiger charge is 2.08. The first kappa shape index (κ1) is 17.8. The number of nitrogens with zero attached hydrogens (tertiary/aromatic N) is 2. The van der Waals surface area contributed by atoms with Gasteiger partial charge in [-0.1, -0.05) is 12.1 Å². The molecule has 6 nitrogen and oxygen atoms in total. The third-order valence-corrected chi connectivity index (χ3v) is 4.30. The molecule has 1 aromatic carbocycles. The van der Waals surface area contributed by atoms with Gasteiger partial charge >= 0.3 is 0 Å². The van der Waals surface area contributed by atoms with Gasteiger partial charge in [-0.25, -0.2) is 4.98 Å². The van der Waals surface area contributed by atoms with Crippen molar-refractivity contribution >= 4 is 11.6 Å². The Labute approximate surface area is 152 Å². The van der Waals surface area contributed by atoms with Crippen molar-refractivity contribution in [2.24, 2.45) is 0 Å². The Morgan fingerprint density at radius 1 is 1.15 bits per heavy atom. The summed E-state index contributed by atoms with van der Waals surface area (Å²) in [5.74, 6) is 1.35. The number of pyridine rings is 1. The number of benzene rings is 1. The summed E-state index contributed by atoms with van der Waals surface area (Å²) in [4.78, 5) is 16.7. The molecule has 3 rings (SSSR count). The number of hydrogen-bond donors (Lipinski definition) is 1. The number of aromatic nitrogens is 2. The van der Waals surface area contributed by atoms with Crippen molar-refractivity contribution in [3.8, 4) is 11.5 Å². The van der Waals surface area contributed by atoms with Gasteiger partial charge in [0.2, 0.25) is 5.91 Å². The van der Waals surface area contributed by atoms with E-state index in [0.29, 0.717) is 30.9 Å². The standard InChI is InChI=1S/C20H23N3O3/c1-14-5-4-6-19-22-16(13-23(14)19)12-21-20(24)10-8-15-7-9-17(25-2)18(11-15)26-3/h4-7,9,11,13H,8,10,12H2,1-3H3,(H,21,24). The normalized spacial score (nSPS) is 10.7. The van der Waals surface area contributed by atoms with Crippen LogP contribution in [0.2, 0.25) is 0 Å². The van der Waals surface area contributed by atoms with Crippen LogP contribution >= 0.6 is 0 Å².